The van der Waals surface area contributed by atoms with Crippen LogP contribution in [0.15, 0.2) is 30.3 Å². The lowest BCUT2D eigenvalue weighted by Crippen LogP contribution is -2.46. The Hall–Kier alpha value is -1.84. The van der Waals surface area contributed by atoms with E-state index in [1.54, 1.807) is 48.5 Å². The number of ether oxygens (including phenoxy) is 2. The Morgan fingerprint density at radius 3 is 1.52 bits per heavy atom. The summed E-state index contributed by atoms with van der Waals surface area (Å²) in [5.41, 5.74) is -1.84. The lowest BCUT2D eigenvalue weighted by Gasteiger charge is -2.32. The van der Waals surface area contributed by atoms with E-state index in [4.69, 9.17) is 9.47 Å². The molecule has 0 aromatic heterocycles. The number of benzene rings is 1. The number of carbonyl (C=O) groups excluding carboxylic acids is 2. The maximum atomic E-state index is 12.7. The van der Waals surface area contributed by atoms with Gasteiger partial charge in [0.15, 0.2) is 5.41 Å². The van der Waals surface area contributed by atoms with Crippen LogP contribution in [0.5, 0.6) is 0 Å². The standard InChI is InChI=1S/C19H28O4/c1-17(2,3)22-15(20)19(7,16(21)23-18(4,5)6)13-14-11-9-8-10-12-14/h8-12H,13H2,1-7H3. The molecule has 0 aliphatic rings. The Kier molecular flexibility index (Phi) is 5.62. The van der Waals surface area contributed by atoms with Gasteiger partial charge in [0.05, 0.1) is 0 Å². The number of hydrogen-bond acceptors (Lipinski definition) is 4. The minimum atomic E-state index is -1.39. The molecular formula is C19H28O4. The molecule has 0 N–H and O–H groups in total. The molecule has 0 amide bonds. The van der Waals surface area contributed by atoms with Gasteiger partial charge in [-0.1, -0.05) is 30.3 Å². The molecular weight excluding hydrogens is 292 g/mol. The van der Waals surface area contributed by atoms with Crippen LogP contribution in [0.4, 0.5) is 0 Å². The second-order valence-electron chi connectivity index (χ2n) is 8.00. The Morgan fingerprint density at radius 1 is 0.783 bits per heavy atom. The average Bonchev–Trinajstić information content (AvgIpc) is 2.35. The topological polar surface area (TPSA) is 52.6 Å². The van der Waals surface area contributed by atoms with E-state index in [0.29, 0.717) is 0 Å². The molecule has 0 fully saturated rings. The van der Waals surface area contributed by atoms with Crippen molar-refractivity contribution in [2.24, 2.45) is 5.41 Å². The van der Waals surface area contributed by atoms with Crippen LogP contribution in [0.3, 0.4) is 0 Å². The lowest BCUT2D eigenvalue weighted by atomic mass is 9.83. The molecule has 0 saturated heterocycles. The van der Waals surface area contributed by atoms with Crippen LogP contribution in [-0.2, 0) is 25.5 Å². The van der Waals surface area contributed by atoms with Crippen molar-refractivity contribution in [2.75, 3.05) is 0 Å². The summed E-state index contributed by atoms with van der Waals surface area (Å²) < 4.78 is 10.9. The summed E-state index contributed by atoms with van der Waals surface area (Å²) in [6.07, 6.45) is 0.234. The summed E-state index contributed by atoms with van der Waals surface area (Å²) in [6.45, 7) is 12.3. The largest absolute Gasteiger partial charge is 0.459 e. The molecule has 1 aromatic carbocycles. The van der Waals surface area contributed by atoms with Crippen molar-refractivity contribution in [3.8, 4) is 0 Å². The zero-order valence-corrected chi connectivity index (χ0v) is 15.2. The molecule has 1 aromatic rings. The van der Waals surface area contributed by atoms with Crippen molar-refractivity contribution >= 4 is 11.9 Å². The average molecular weight is 320 g/mol. The summed E-state index contributed by atoms with van der Waals surface area (Å²) in [6, 6.07) is 9.40. The third kappa shape index (κ3) is 6.05. The van der Waals surface area contributed by atoms with Gasteiger partial charge in [-0.3, -0.25) is 9.59 Å². The van der Waals surface area contributed by atoms with Crippen LogP contribution in [0.1, 0.15) is 54.0 Å². The first-order valence-electron chi connectivity index (χ1n) is 7.84. The van der Waals surface area contributed by atoms with E-state index >= 15 is 0 Å². The van der Waals surface area contributed by atoms with Crippen LogP contribution in [-0.4, -0.2) is 23.1 Å². The van der Waals surface area contributed by atoms with Gasteiger partial charge in [-0.25, -0.2) is 0 Å². The van der Waals surface area contributed by atoms with Crippen molar-refractivity contribution in [3.05, 3.63) is 35.9 Å². The van der Waals surface area contributed by atoms with E-state index in [0.717, 1.165) is 5.56 Å². The number of esters is 2. The van der Waals surface area contributed by atoms with E-state index in [-0.39, 0.29) is 6.42 Å². The molecule has 0 atom stereocenters. The molecule has 128 valence electrons. The highest BCUT2D eigenvalue weighted by Gasteiger charge is 2.47. The highest BCUT2D eigenvalue weighted by Crippen LogP contribution is 2.30. The van der Waals surface area contributed by atoms with Crippen molar-refractivity contribution in [2.45, 2.75) is 66.1 Å². The molecule has 4 nitrogen and oxygen atoms in total. The fourth-order valence-corrected chi connectivity index (χ4v) is 2.01. The Bertz CT molecular complexity index is 519. The molecule has 0 unspecified atom stereocenters. The van der Waals surface area contributed by atoms with Crippen molar-refractivity contribution in [1.82, 2.24) is 0 Å². The Morgan fingerprint density at radius 2 is 1.17 bits per heavy atom. The summed E-state index contributed by atoms with van der Waals surface area (Å²) in [5.74, 6) is -1.13. The third-order valence-electron chi connectivity index (χ3n) is 3.10. The van der Waals surface area contributed by atoms with Gasteiger partial charge in [-0.2, -0.15) is 0 Å². The SMILES string of the molecule is CC(C)(C)OC(=O)C(C)(Cc1ccccc1)C(=O)OC(C)(C)C. The van der Waals surface area contributed by atoms with E-state index < -0.39 is 28.6 Å². The van der Waals surface area contributed by atoms with Crippen molar-refractivity contribution in [1.29, 1.82) is 0 Å². The number of rotatable bonds is 4. The smallest absolute Gasteiger partial charge is 0.324 e. The van der Waals surface area contributed by atoms with Gasteiger partial charge in [0.2, 0.25) is 0 Å². The van der Waals surface area contributed by atoms with Crippen LogP contribution >= 0.6 is 0 Å². The molecule has 0 bridgehead atoms. The number of hydrogen-bond donors (Lipinski definition) is 0. The van der Waals surface area contributed by atoms with Crippen LogP contribution in [0, 0.1) is 5.41 Å². The molecule has 0 saturated carbocycles. The Labute approximate surface area is 139 Å². The minimum absolute atomic E-state index is 0.234. The van der Waals surface area contributed by atoms with Crippen LogP contribution < -0.4 is 0 Å². The zero-order chi connectivity index (χ0) is 17.9. The van der Waals surface area contributed by atoms with E-state index in [1.165, 1.54) is 0 Å². The van der Waals surface area contributed by atoms with Gasteiger partial charge in [-0.15, -0.1) is 0 Å². The van der Waals surface area contributed by atoms with Gasteiger partial charge in [-0.05, 0) is 60.5 Å². The normalized spacial score (nSPS) is 12.7. The molecule has 0 spiro atoms. The van der Waals surface area contributed by atoms with E-state index in [9.17, 15) is 9.59 Å². The first-order valence-corrected chi connectivity index (χ1v) is 7.84. The molecule has 4 heteroatoms. The monoisotopic (exact) mass is 320 g/mol. The molecule has 0 aliphatic heterocycles. The predicted molar refractivity (Wildman–Crippen MR) is 89.9 cm³/mol. The fraction of sp³-hybridized carbons (Fsp3) is 0.579. The molecule has 23 heavy (non-hydrogen) atoms. The maximum Gasteiger partial charge on any atom is 0.324 e. The van der Waals surface area contributed by atoms with Gasteiger partial charge in [0.25, 0.3) is 0 Å². The first-order chi connectivity index (χ1) is 10.3. The summed E-state index contributed by atoms with van der Waals surface area (Å²) in [4.78, 5) is 25.4. The van der Waals surface area contributed by atoms with Gasteiger partial charge in [0, 0.05) is 0 Å². The summed E-state index contributed by atoms with van der Waals surface area (Å²) >= 11 is 0. The van der Waals surface area contributed by atoms with Crippen molar-refractivity contribution < 1.29 is 19.1 Å². The zero-order valence-electron chi connectivity index (χ0n) is 15.2. The maximum absolute atomic E-state index is 12.7. The molecule has 1 rings (SSSR count). The lowest BCUT2D eigenvalue weighted by molar-refractivity contribution is -0.183. The predicted octanol–water partition coefficient (Wildman–Crippen LogP) is 3.92. The van der Waals surface area contributed by atoms with Gasteiger partial charge < -0.3 is 9.47 Å². The van der Waals surface area contributed by atoms with Crippen LogP contribution in [0.2, 0.25) is 0 Å². The first kappa shape index (κ1) is 19.2. The van der Waals surface area contributed by atoms with E-state index in [2.05, 4.69) is 0 Å². The second kappa shape index (κ2) is 6.73. The molecule has 0 aliphatic carbocycles. The highest BCUT2D eigenvalue weighted by molar-refractivity contribution is 6.00. The molecule has 0 heterocycles. The minimum Gasteiger partial charge on any atom is -0.459 e. The number of carbonyl (C=O) groups is 2. The second-order valence-corrected chi connectivity index (χ2v) is 8.00. The fourth-order valence-electron chi connectivity index (χ4n) is 2.01. The van der Waals surface area contributed by atoms with Gasteiger partial charge in [0.1, 0.15) is 11.2 Å². The molecule has 0 radical (unpaired) electrons. The third-order valence-corrected chi connectivity index (χ3v) is 3.10. The van der Waals surface area contributed by atoms with E-state index in [1.807, 2.05) is 30.3 Å². The Balaban J connectivity index is 3.13. The quantitative estimate of drug-likeness (QED) is 0.623. The highest BCUT2D eigenvalue weighted by atomic mass is 16.6. The summed E-state index contributed by atoms with van der Waals surface area (Å²) in [7, 11) is 0. The van der Waals surface area contributed by atoms with Gasteiger partial charge >= 0.3 is 11.9 Å². The van der Waals surface area contributed by atoms with Crippen molar-refractivity contribution in [3.63, 3.8) is 0 Å². The summed E-state index contributed by atoms with van der Waals surface area (Å²) in [5, 5.41) is 0. The van der Waals surface area contributed by atoms with Crippen LogP contribution in [0.25, 0.3) is 0 Å².